The van der Waals surface area contributed by atoms with E-state index in [4.69, 9.17) is 10.5 Å². The first kappa shape index (κ1) is 16.4. The summed E-state index contributed by atoms with van der Waals surface area (Å²) in [4.78, 5) is 23.7. The number of imidazole rings is 1. The van der Waals surface area contributed by atoms with Gasteiger partial charge >= 0.3 is 5.69 Å². The molecule has 2 aromatic heterocycles. The van der Waals surface area contributed by atoms with Crippen molar-refractivity contribution in [3.63, 3.8) is 0 Å². The molecule has 1 unspecified atom stereocenters. The van der Waals surface area contributed by atoms with Gasteiger partial charge in [-0.05, 0) is 22.7 Å². The SMILES string of the molecule is CCCCS(=N)c1nc(N)c2[nH]c(=O)n(Cc3ccccc3)c2n1. The lowest BCUT2D eigenvalue weighted by Crippen LogP contribution is -2.18. The Morgan fingerprint density at radius 2 is 2.04 bits per heavy atom. The molecule has 0 radical (unpaired) electrons. The van der Waals surface area contributed by atoms with Crippen molar-refractivity contribution in [3.8, 4) is 0 Å². The molecule has 1 aromatic carbocycles. The predicted octanol–water partition coefficient (Wildman–Crippen LogP) is 2.29. The molecule has 7 nitrogen and oxygen atoms in total. The van der Waals surface area contributed by atoms with E-state index < -0.39 is 10.7 Å². The van der Waals surface area contributed by atoms with Gasteiger partial charge in [-0.25, -0.2) is 14.8 Å². The second kappa shape index (κ2) is 6.96. The molecule has 0 bridgehead atoms. The number of benzene rings is 1. The minimum absolute atomic E-state index is 0.222. The fourth-order valence-electron chi connectivity index (χ4n) is 2.43. The number of hydrogen-bond acceptors (Lipinski definition) is 5. The van der Waals surface area contributed by atoms with Crippen LogP contribution < -0.4 is 11.4 Å². The minimum atomic E-state index is -0.827. The van der Waals surface area contributed by atoms with E-state index in [1.165, 1.54) is 0 Å². The number of fused-ring (bicyclic) bond motifs is 1. The van der Waals surface area contributed by atoms with E-state index in [1.807, 2.05) is 30.3 Å². The van der Waals surface area contributed by atoms with E-state index in [2.05, 4.69) is 21.9 Å². The number of unbranched alkanes of at least 4 members (excludes halogenated alkanes) is 1. The largest absolute Gasteiger partial charge is 0.382 e. The van der Waals surface area contributed by atoms with Gasteiger partial charge in [0.2, 0.25) is 5.16 Å². The van der Waals surface area contributed by atoms with Crippen molar-refractivity contribution in [2.24, 2.45) is 0 Å². The molecular formula is C16H20N6OS. The molecule has 0 saturated heterocycles. The van der Waals surface area contributed by atoms with Crippen molar-refractivity contribution < 1.29 is 0 Å². The highest BCUT2D eigenvalue weighted by Crippen LogP contribution is 2.17. The van der Waals surface area contributed by atoms with Crippen LogP contribution in [0.5, 0.6) is 0 Å². The molecule has 0 amide bonds. The predicted molar refractivity (Wildman–Crippen MR) is 96.2 cm³/mol. The summed E-state index contributed by atoms with van der Waals surface area (Å²) < 4.78 is 9.78. The van der Waals surface area contributed by atoms with E-state index in [-0.39, 0.29) is 11.5 Å². The summed E-state index contributed by atoms with van der Waals surface area (Å²) in [7, 11) is -0.827. The standard InChI is InChI=1S/C16H20N6OS/c1-2-3-9-24(18)15-20-13(17)12-14(21-15)22(16(23)19-12)10-11-7-5-4-6-8-11/h4-8,18H,2-3,9-10H2,1H3,(H,19,23)(H2,17,20,21). The monoisotopic (exact) mass is 344 g/mol. The number of aromatic amines is 1. The zero-order valence-electron chi connectivity index (χ0n) is 13.5. The fourth-order valence-corrected chi connectivity index (χ4v) is 3.60. The number of nitrogens with zero attached hydrogens (tertiary/aromatic N) is 3. The number of aromatic nitrogens is 4. The molecular weight excluding hydrogens is 324 g/mol. The summed E-state index contributed by atoms with van der Waals surface area (Å²) in [6.45, 7) is 2.48. The molecule has 0 fully saturated rings. The van der Waals surface area contributed by atoms with Crippen molar-refractivity contribution in [1.82, 2.24) is 19.5 Å². The lowest BCUT2D eigenvalue weighted by Gasteiger charge is -2.07. The van der Waals surface area contributed by atoms with Gasteiger partial charge in [-0.3, -0.25) is 9.35 Å². The van der Waals surface area contributed by atoms with Crippen molar-refractivity contribution in [1.29, 1.82) is 4.78 Å². The molecule has 3 aromatic rings. The van der Waals surface area contributed by atoms with Gasteiger partial charge in [0.05, 0.1) is 6.54 Å². The molecule has 0 saturated carbocycles. The molecule has 126 valence electrons. The van der Waals surface area contributed by atoms with Crippen LogP contribution in [0.2, 0.25) is 0 Å². The van der Waals surface area contributed by atoms with E-state index >= 15 is 0 Å². The summed E-state index contributed by atoms with van der Waals surface area (Å²) >= 11 is 0. The van der Waals surface area contributed by atoms with E-state index in [1.54, 1.807) is 4.57 Å². The topological polar surface area (TPSA) is 113 Å². The van der Waals surface area contributed by atoms with Crippen molar-refractivity contribution in [2.75, 3.05) is 11.5 Å². The Hall–Kier alpha value is -2.48. The quantitative estimate of drug-likeness (QED) is 0.595. The molecule has 3 rings (SSSR count). The van der Waals surface area contributed by atoms with Gasteiger partial charge < -0.3 is 10.7 Å². The van der Waals surface area contributed by atoms with Crippen molar-refractivity contribution in [3.05, 3.63) is 46.4 Å². The van der Waals surface area contributed by atoms with E-state index in [0.717, 1.165) is 18.4 Å². The zero-order valence-corrected chi connectivity index (χ0v) is 14.3. The lowest BCUT2D eigenvalue weighted by atomic mass is 10.2. The van der Waals surface area contributed by atoms with Crippen molar-refractivity contribution in [2.45, 2.75) is 31.5 Å². The van der Waals surface area contributed by atoms with Gasteiger partial charge in [-0.1, -0.05) is 43.7 Å². The fraction of sp³-hybridized carbons (Fsp3) is 0.312. The summed E-state index contributed by atoms with van der Waals surface area (Å²) in [5.74, 6) is 0.926. The highest BCUT2D eigenvalue weighted by molar-refractivity contribution is 7.85. The normalized spacial score (nSPS) is 12.5. The van der Waals surface area contributed by atoms with Gasteiger partial charge in [0, 0.05) is 5.75 Å². The molecule has 1 atom stereocenters. The number of H-pyrrole nitrogens is 1. The Balaban J connectivity index is 2.06. The van der Waals surface area contributed by atoms with Gasteiger partial charge in [-0.2, -0.15) is 0 Å². The summed E-state index contributed by atoms with van der Waals surface area (Å²) in [5.41, 5.74) is 7.61. The Kier molecular flexibility index (Phi) is 4.75. The highest BCUT2D eigenvalue weighted by Gasteiger charge is 2.15. The van der Waals surface area contributed by atoms with Crippen LogP contribution in [0.4, 0.5) is 5.82 Å². The maximum atomic E-state index is 12.3. The van der Waals surface area contributed by atoms with E-state index in [0.29, 0.717) is 28.6 Å². The summed E-state index contributed by atoms with van der Waals surface area (Å²) in [5, 5.41) is 0.397. The molecule has 2 heterocycles. The third-order valence-electron chi connectivity index (χ3n) is 3.74. The zero-order chi connectivity index (χ0) is 17.1. The van der Waals surface area contributed by atoms with Crippen LogP contribution in [0, 0.1) is 4.78 Å². The highest BCUT2D eigenvalue weighted by atomic mass is 32.2. The number of nitrogens with two attached hydrogens (primary N) is 1. The maximum Gasteiger partial charge on any atom is 0.328 e. The third-order valence-corrected chi connectivity index (χ3v) is 5.06. The second-order valence-electron chi connectivity index (χ2n) is 5.54. The molecule has 0 aliphatic rings. The second-order valence-corrected chi connectivity index (χ2v) is 7.10. The number of anilines is 1. The van der Waals surface area contributed by atoms with Crippen molar-refractivity contribution >= 4 is 27.7 Å². The van der Waals surface area contributed by atoms with Gasteiger partial charge in [0.1, 0.15) is 5.52 Å². The van der Waals surface area contributed by atoms with Crippen LogP contribution in [-0.2, 0) is 17.2 Å². The average Bonchev–Trinajstić information content (AvgIpc) is 2.90. The Labute approximate surface area is 141 Å². The molecule has 0 aliphatic carbocycles. The van der Waals surface area contributed by atoms with Gasteiger partial charge in [-0.15, -0.1) is 0 Å². The smallest absolute Gasteiger partial charge is 0.328 e. The Bertz CT molecular complexity index is 931. The van der Waals surface area contributed by atoms with Crippen LogP contribution >= 0.6 is 0 Å². The first-order valence-electron chi connectivity index (χ1n) is 7.82. The van der Waals surface area contributed by atoms with Crippen LogP contribution in [-0.4, -0.2) is 25.3 Å². The first-order chi connectivity index (χ1) is 11.6. The number of nitrogen functional groups attached to an aromatic ring is 1. The molecule has 0 aliphatic heterocycles. The molecule has 24 heavy (non-hydrogen) atoms. The lowest BCUT2D eigenvalue weighted by molar-refractivity contribution is 0.770. The summed E-state index contributed by atoms with van der Waals surface area (Å²) in [6, 6.07) is 9.69. The Morgan fingerprint density at radius 3 is 2.75 bits per heavy atom. The third kappa shape index (κ3) is 3.23. The first-order valence-corrected chi connectivity index (χ1v) is 9.21. The molecule has 4 N–H and O–H groups in total. The maximum absolute atomic E-state index is 12.3. The van der Waals surface area contributed by atoms with Crippen LogP contribution in [0.1, 0.15) is 25.3 Å². The number of nitrogens with one attached hydrogen (secondary N) is 2. The van der Waals surface area contributed by atoms with Crippen LogP contribution in [0.25, 0.3) is 11.2 Å². The van der Waals surface area contributed by atoms with E-state index in [9.17, 15) is 4.79 Å². The summed E-state index contributed by atoms with van der Waals surface area (Å²) in [6.07, 6.45) is 1.96. The number of hydrogen-bond donors (Lipinski definition) is 3. The van der Waals surface area contributed by atoms with Crippen LogP contribution in [0.15, 0.2) is 40.3 Å². The molecule has 8 heteroatoms. The Morgan fingerprint density at radius 1 is 1.29 bits per heavy atom. The van der Waals surface area contributed by atoms with Gasteiger partial charge in [0.25, 0.3) is 0 Å². The van der Waals surface area contributed by atoms with Gasteiger partial charge in [0.15, 0.2) is 11.5 Å². The average molecular weight is 344 g/mol. The number of rotatable bonds is 6. The van der Waals surface area contributed by atoms with Crippen LogP contribution in [0.3, 0.4) is 0 Å². The molecule has 0 spiro atoms. The minimum Gasteiger partial charge on any atom is -0.382 e.